The smallest absolute Gasteiger partial charge is 0.305 e. The summed E-state index contributed by atoms with van der Waals surface area (Å²) in [7, 11) is 0. The van der Waals surface area contributed by atoms with Gasteiger partial charge in [0, 0.05) is 19.3 Å². The van der Waals surface area contributed by atoms with Crippen molar-refractivity contribution < 1.29 is 24.2 Å². The summed E-state index contributed by atoms with van der Waals surface area (Å²) in [6.45, 7) is 4.33. The number of carbonyl (C=O) groups excluding carboxylic acids is 2. The van der Waals surface area contributed by atoms with Gasteiger partial charge in [-0.2, -0.15) is 0 Å². The van der Waals surface area contributed by atoms with Gasteiger partial charge in [0.1, 0.15) is 12.4 Å². The molecule has 0 aromatic carbocycles. The highest BCUT2D eigenvalue weighted by Crippen LogP contribution is 2.14. The molecule has 0 spiro atoms. The molecular formula is C22H40O5. The first kappa shape index (κ1) is 25.6. The highest BCUT2D eigenvalue weighted by Gasteiger charge is 2.18. The number of carboxylic acid groups (broad SMARTS) is 1. The summed E-state index contributed by atoms with van der Waals surface area (Å²) < 4.78 is 5.21. The second-order valence-electron chi connectivity index (χ2n) is 7.43. The van der Waals surface area contributed by atoms with Crippen molar-refractivity contribution in [2.24, 2.45) is 5.92 Å². The molecule has 0 aromatic rings. The second kappa shape index (κ2) is 18.0. The Morgan fingerprint density at radius 1 is 0.741 bits per heavy atom. The maximum Gasteiger partial charge on any atom is 0.305 e. The van der Waals surface area contributed by atoms with Crippen LogP contribution in [0, 0.1) is 5.92 Å². The molecule has 1 unspecified atom stereocenters. The van der Waals surface area contributed by atoms with Crippen LogP contribution in [0.1, 0.15) is 110 Å². The number of ether oxygens (including phenoxy) is 1. The van der Waals surface area contributed by atoms with Gasteiger partial charge in [-0.25, -0.2) is 0 Å². The molecule has 1 atom stereocenters. The third-order valence-corrected chi connectivity index (χ3v) is 4.94. The number of hydrogen-bond donors (Lipinski definition) is 1. The van der Waals surface area contributed by atoms with Crippen molar-refractivity contribution in [3.63, 3.8) is 0 Å². The van der Waals surface area contributed by atoms with E-state index in [2.05, 4.69) is 6.92 Å². The molecule has 0 bridgehead atoms. The first-order valence-electron chi connectivity index (χ1n) is 10.9. The summed E-state index contributed by atoms with van der Waals surface area (Å²) in [4.78, 5) is 34.4. The predicted molar refractivity (Wildman–Crippen MR) is 108 cm³/mol. The van der Waals surface area contributed by atoms with Crippen LogP contribution in [0.3, 0.4) is 0 Å². The van der Waals surface area contributed by atoms with Crippen LogP contribution in [0.2, 0.25) is 0 Å². The Kier molecular flexibility index (Phi) is 17.1. The molecule has 0 heterocycles. The summed E-state index contributed by atoms with van der Waals surface area (Å²) in [5.41, 5.74) is 0. The molecule has 0 fully saturated rings. The Morgan fingerprint density at radius 2 is 1.26 bits per heavy atom. The Hall–Kier alpha value is -1.39. The van der Waals surface area contributed by atoms with Crippen LogP contribution in [0.25, 0.3) is 0 Å². The van der Waals surface area contributed by atoms with Crippen molar-refractivity contribution in [3.05, 3.63) is 0 Å². The van der Waals surface area contributed by atoms with E-state index in [9.17, 15) is 14.4 Å². The van der Waals surface area contributed by atoms with E-state index < -0.39 is 5.97 Å². The lowest BCUT2D eigenvalue weighted by Crippen LogP contribution is -2.21. The largest absolute Gasteiger partial charge is 0.481 e. The normalized spacial score (nSPS) is 11.9. The maximum atomic E-state index is 12.3. The minimum absolute atomic E-state index is 0.0715. The molecule has 5 heteroatoms. The molecule has 0 aliphatic rings. The van der Waals surface area contributed by atoms with Crippen molar-refractivity contribution in [1.82, 2.24) is 0 Å². The van der Waals surface area contributed by atoms with Crippen LogP contribution in [-0.2, 0) is 19.1 Å². The van der Waals surface area contributed by atoms with Gasteiger partial charge in [-0.15, -0.1) is 0 Å². The molecule has 0 rings (SSSR count). The Labute approximate surface area is 165 Å². The van der Waals surface area contributed by atoms with Crippen LogP contribution in [-0.4, -0.2) is 29.4 Å². The van der Waals surface area contributed by atoms with Crippen molar-refractivity contribution in [1.29, 1.82) is 0 Å². The zero-order valence-electron chi connectivity index (χ0n) is 17.5. The number of ketones is 1. The van der Waals surface area contributed by atoms with Crippen LogP contribution in [0.4, 0.5) is 0 Å². The highest BCUT2D eigenvalue weighted by atomic mass is 16.5. The zero-order valence-corrected chi connectivity index (χ0v) is 17.5. The molecule has 5 nitrogen and oxygen atoms in total. The van der Waals surface area contributed by atoms with Crippen LogP contribution >= 0.6 is 0 Å². The van der Waals surface area contributed by atoms with Gasteiger partial charge in [0.2, 0.25) is 0 Å². The number of rotatable bonds is 19. The first-order chi connectivity index (χ1) is 13.0. The molecule has 0 saturated heterocycles. The predicted octanol–water partition coefficient (Wildman–Crippen LogP) is 5.69. The van der Waals surface area contributed by atoms with E-state index in [4.69, 9.17) is 9.84 Å². The quantitative estimate of drug-likeness (QED) is 0.228. The summed E-state index contributed by atoms with van der Waals surface area (Å²) >= 11 is 0. The summed E-state index contributed by atoms with van der Waals surface area (Å²) in [6.07, 6.45) is 13.6. The fraction of sp³-hybridized carbons (Fsp3) is 0.864. The van der Waals surface area contributed by atoms with Gasteiger partial charge >= 0.3 is 11.9 Å². The maximum absolute atomic E-state index is 12.3. The van der Waals surface area contributed by atoms with E-state index >= 15 is 0 Å². The average Bonchev–Trinajstić information content (AvgIpc) is 2.64. The van der Waals surface area contributed by atoms with Gasteiger partial charge in [-0.05, 0) is 25.7 Å². The zero-order chi connectivity index (χ0) is 20.3. The van der Waals surface area contributed by atoms with E-state index in [1.807, 2.05) is 6.92 Å². The topological polar surface area (TPSA) is 80.7 Å². The molecule has 0 amide bonds. The van der Waals surface area contributed by atoms with E-state index in [-0.39, 0.29) is 37.1 Å². The average molecular weight is 385 g/mol. The summed E-state index contributed by atoms with van der Waals surface area (Å²) in [6, 6.07) is 0. The number of aliphatic carboxylic acids is 1. The first-order valence-corrected chi connectivity index (χ1v) is 10.9. The molecule has 0 aliphatic carbocycles. The van der Waals surface area contributed by atoms with Gasteiger partial charge in [0.05, 0.1) is 5.92 Å². The Bertz CT molecular complexity index is 406. The van der Waals surface area contributed by atoms with Gasteiger partial charge < -0.3 is 9.84 Å². The second-order valence-corrected chi connectivity index (χ2v) is 7.43. The number of Topliss-reactive ketones (excluding diaryl/α,β-unsaturated/α-hetero) is 1. The van der Waals surface area contributed by atoms with E-state index in [1.165, 1.54) is 44.9 Å². The number of carbonyl (C=O) groups is 3. The minimum atomic E-state index is -0.850. The minimum Gasteiger partial charge on any atom is -0.481 e. The molecule has 1 N–H and O–H groups in total. The van der Waals surface area contributed by atoms with Crippen molar-refractivity contribution in [3.8, 4) is 0 Å². The molecule has 158 valence electrons. The van der Waals surface area contributed by atoms with E-state index in [1.54, 1.807) is 0 Å². The van der Waals surface area contributed by atoms with Crippen molar-refractivity contribution in [2.45, 2.75) is 110 Å². The van der Waals surface area contributed by atoms with Gasteiger partial charge in [0.25, 0.3) is 0 Å². The monoisotopic (exact) mass is 384 g/mol. The van der Waals surface area contributed by atoms with Gasteiger partial charge in [-0.1, -0.05) is 65.2 Å². The number of hydrogen-bond acceptors (Lipinski definition) is 4. The number of esters is 1. The fourth-order valence-corrected chi connectivity index (χ4v) is 3.06. The molecular weight excluding hydrogens is 344 g/mol. The van der Waals surface area contributed by atoms with Crippen LogP contribution in [0.15, 0.2) is 0 Å². The Balaban J connectivity index is 3.72. The molecule has 27 heavy (non-hydrogen) atoms. The van der Waals surface area contributed by atoms with Crippen LogP contribution < -0.4 is 0 Å². The summed E-state index contributed by atoms with van der Waals surface area (Å²) in [5, 5.41) is 8.56. The SMILES string of the molecule is CCCCCCCCCCCC(=O)C(CC)COC(=O)CCCCC(=O)O. The van der Waals surface area contributed by atoms with Crippen molar-refractivity contribution in [2.75, 3.05) is 6.61 Å². The third-order valence-electron chi connectivity index (χ3n) is 4.94. The third kappa shape index (κ3) is 16.5. The van der Waals surface area contributed by atoms with Gasteiger partial charge in [-0.3, -0.25) is 14.4 Å². The highest BCUT2D eigenvalue weighted by molar-refractivity contribution is 5.81. The number of unbranched alkanes of at least 4 members (excludes halogenated alkanes) is 9. The van der Waals surface area contributed by atoms with Gasteiger partial charge in [0.15, 0.2) is 0 Å². The van der Waals surface area contributed by atoms with E-state index in [0.29, 0.717) is 25.7 Å². The van der Waals surface area contributed by atoms with Crippen LogP contribution in [0.5, 0.6) is 0 Å². The molecule has 0 aromatic heterocycles. The lowest BCUT2D eigenvalue weighted by molar-refractivity contribution is -0.147. The standard InChI is InChI=1S/C22H40O5/c1-3-5-6-7-8-9-10-11-12-15-20(23)19(4-2)18-27-22(26)17-14-13-16-21(24)25/h19H,3-18H2,1-2H3,(H,24,25). The molecule has 0 aliphatic heterocycles. The molecule has 0 saturated carbocycles. The summed E-state index contributed by atoms with van der Waals surface area (Å²) in [5.74, 6) is -1.20. The molecule has 0 radical (unpaired) electrons. The fourth-order valence-electron chi connectivity index (χ4n) is 3.06. The van der Waals surface area contributed by atoms with Crippen molar-refractivity contribution >= 4 is 17.7 Å². The number of carboxylic acids is 1. The Morgan fingerprint density at radius 3 is 1.81 bits per heavy atom. The van der Waals surface area contributed by atoms with E-state index in [0.717, 1.165) is 12.8 Å². The lowest BCUT2D eigenvalue weighted by atomic mass is 9.97. The lowest BCUT2D eigenvalue weighted by Gasteiger charge is -2.14.